The first-order valence-electron chi connectivity index (χ1n) is 5.11. The summed E-state index contributed by atoms with van der Waals surface area (Å²) in [6.45, 7) is 0.969. The van der Waals surface area contributed by atoms with Gasteiger partial charge in [0, 0.05) is 0 Å². The van der Waals surface area contributed by atoms with Crippen molar-refractivity contribution in [2.45, 2.75) is 12.8 Å². The molecule has 0 unspecified atom stereocenters. The van der Waals surface area contributed by atoms with E-state index in [4.69, 9.17) is 4.74 Å². The van der Waals surface area contributed by atoms with Crippen molar-refractivity contribution in [1.29, 1.82) is 0 Å². The molecule has 0 heterocycles. The molecule has 0 saturated carbocycles. The summed E-state index contributed by atoms with van der Waals surface area (Å²) >= 11 is 0. The van der Waals surface area contributed by atoms with E-state index >= 15 is 0 Å². The third-order valence-electron chi connectivity index (χ3n) is 2.31. The van der Waals surface area contributed by atoms with E-state index in [0.29, 0.717) is 5.75 Å². The second kappa shape index (κ2) is 5.71. The number of benzene rings is 1. The summed E-state index contributed by atoms with van der Waals surface area (Å²) in [6, 6.07) is 5.28. The van der Waals surface area contributed by atoms with Crippen LogP contribution >= 0.6 is 0 Å². The van der Waals surface area contributed by atoms with Gasteiger partial charge in [0.2, 0.25) is 0 Å². The van der Waals surface area contributed by atoms with Crippen molar-refractivity contribution in [1.82, 2.24) is 4.90 Å². The van der Waals surface area contributed by atoms with Gasteiger partial charge in [0.25, 0.3) is 0 Å². The molecule has 0 aliphatic carbocycles. The third-order valence-corrected chi connectivity index (χ3v) is 2.31. The van der Waals surface area contributed by atoms with Crippen molar-refractivity contribution in [2.75, 3.05) is 27.7 Å². The molecule has 0 spiro atoms. The molecule has 2 nitrogen and oxygen atoms in total. The van der Waals surface area contributed by atoms with Crippen molar-refractivity contribution < 1.29 is 9.13 Å². The van der Waals surface area contributed by atoms with Gasteiger partial charge in [-0.05, 0) is 45.1 Å². The Balaban J connectivity index is 2.61. The second-order valence-electron chi connectivity index (χ2n) is 3.84. The molecule has 3 heteroatoms. The van der Waals surface area contributed by atoms with Crippen molar-refractivity contribution in [2.24, 2.45) is 0 Å². The second-order valence-corrected chi connectivity index (χ2v) is 3.84. The summed E-state index contributed by atoms with van der Waals surface area (Å²) < 4.78 is 18.6. The highest BCUT2D eigenvalue weighted by atomic mass is 19.1. The fourth-order valence-electron chi connectivity index (χ4n) is 1.49. The highest BCUT2D eigenvalue weighted by molar-refractivity contribution is 5.31. The van der Waals surface area contributed by atoms with Crippen LogP contribution < -0.4 is 4.74 Å². The van der Waals surface area contributed by atoms with E-state index in [1.54, 1.807) is 6.07 Å². The number of methoxy groups -OCH3 is 1. The van der Waals surface area contributed by atoms with Crippen LogP contribution in [0.1, 0.15) is 12.0 Å². The number of halogens is 1. The molecule has 15 heavy (non-hydrogen) atoms. The van der Waals surface area contributed by atoms with Gasteiger partial charge in [-0.25, -0.2) is 4.39 Å². The minimum atomic E-state index is -0.223. The molecule has 0 fully saturated rings. The Hall–Kier alpha value is -1.09. The van der Waals surface area contributed by atoms with Gasteiger partial charge in [0.15, 0.2) is 11.6 Å². The van der Waals surface area contributed by atoms with Crippen LogP contribution in [0.4, 0.5) is 4.39 Å². The Labute approximate surface area is 90.7 Å². The van der Waals surface area contributed by atoms with Crippen LogP contribution in [0, 0.1) is 5.82 Å². The van der Waals surface area contributed by atoms with Crippen LogP contribution in [0.15, 0.2) is 18.2 Å². The predicted molar refractivity (Wildman–Crippen MR) is 59.8 cm³/mol. The number of nitrogens with zero attached hydrogens (tertiary/aromatic N) is 1. The molecule has 0 aliphatic rings. The fourth-order valence-corrected chi connectivity index (χ4v) is 1.49. The Kier molecular flexibility index (Phi) is 4.56. The summed E-state index contributed by atoms with van der Waals surface area (Å²) in [5.41, 5.74) is 0.733. The van der Waals surface area contributed by atoms with E-state index in [1.165, 1.54) is 7.11 Å². The average Bonchev–Trinajstić information content (AvgIpc) is 2.20. The zero-order valence-electron chi connectivity index (χ0n) is 9.59. The van der Waals surface area contributed by atoms with Gasteiger partial charge in [-0.2, -0.15) is 0 Å². The monoisotopic (exact) mass is 211 g/mol. The highest BCUT2D eigenvalue weighted by Gasteiger charge is 2.07. The largest absolute Gasteiger partial charge is 0.494 e. The van der Waals surface area contributed by atoms with Gasteiger partial charge in [0.05, 0.1) is 7.11 Å². The van der Waals surface area contributed by atoms with Gasteiger partial charge in [0.1, 0.15) is 0 Å². The van der Waals surface area contributed by atoms with Crippen molar-refractivity contribution in [3.63, 3.8) is 0 Å². The van der Waals surface area contributed by atoms with Gasteiger partial charge in [-0.1, -0.05) is 12.1 Å². The van der Waals surface area contributed by atoms with Crippen LogP contribution in [-0.2, 0) is 6.42 Å². The summed E-state index contributed by atoms with van der Waals surface area (Å²) in [5, 5.41) is 0. The van der Waals surface area contributed by atoms with Gasteiger partial charge >= 0.3 is 0 Å². The molecule has 0 atom stereocenters. The Morgan fingerprint density at radius 1 is 1.33 bits per heavy atom. The minimum Gasteiger partial charge on any atom is -0.494 e. The maximum absolute atomic E-state index is 13.7. The van der Waals surface area contributed by atoms with Crippen LogP contribution in [0.25, 0.3) is 0 Å². The summed E-state index contributed by atoms with van der Waals surface area (Å²) in [4.78, 5) is 2.10. The molecular formula is C12H18FNO. The van der Waals surface area contributed by atoms with Crippen LogP contribution in [0.5, 0.6) is 5.75 Å². The van der Waals surface area contributed by atoms with E-state index in [-0.39, 0.29) is 5.82 Å². The van der Waals surface area contributed by atoms with E-state index in [2.05, 4.69) is 4.90 Å². The van der Waals surface area contributed by atoms with Gasteiger partial charge in [-0.15, -0.1) is 0 Å². The lowest BCUT2D eigenvalue weighted by Gasteiger charge is -2.10. The molecule has 1 aromatic carbocycles. The van der Waals surface area contributed by atoms with E-state index in [9.17, 15) is 4.39 Å². The van der Waals surface area contributed by atoms with Crippen LogP contribution in [0.2, 0.25) is 0 Å². The third kappa shape index (κ3) is 3.51. The first-order valence-corrected chi connectivity index (χ1v) is 5.11. The molecular weight excluding hydrogens is 193 g/mol. The quantitative estimate of drug-likeness (QED) is 0.741. The van der Waals surface area contributed by atoms with Gasteiger partial charge < -0.3 is 9.64 Å². The number of rotatable bonds is 5. The van der Waals surface area contributed by atoms with Crippen molar-refractivity contribution in [3.05, 3.63) is 29.6 Å². The maximum Gasteiger partial charge on any atom is 0.168 e. The molecule has 0 radical (unpaired) electrons. The number of hydrogen-bond acceptors (Lipinski definition) is 2. The SMILES string of the molecule is COc1cccc(CCCN(C)C)c1F. The average molecular weight is 211 g/mol. The zero-order valence-corrected chi connectivity index (χ0v) is 9.59. The summed E-state index contributed by atoms with van der Waals surface area (Å²) in [7, 11) is 5.52. The molecule has 0 aromatic heterocycles. The molecule has 0 N–H and O–H groups in total. The van der Waals surface area contributed by atoms with Crippen LogP contribution in [-0.4, -0.2) is 32.6 Å². The lowest BCUT2D eigenvalue weighted by atomic mass is 10.1. The molecule has 0 bridgehead atoms. The topological polar surface area (TPSA) is 12.5 Å². The van der Waals surface area contributed by atoms with Crippen LogP contribution in [0.3, 0.4) is 0 Å². The Morgan fingerprint density at radius 2 is 2.07 bits per heavy atom. The molecule has 84 valence electrons. The first kappa shape index (κ1) is 12.0. The van der Waals surface area contributed by atoms with Crippen molar-refractivity contribution >= 4 is 0 Å². The standard InChI is InChI=1S/C12H18FNO/c1-14(2)9-5-7-10-6-4-8-11(15-3)12(10)13/h4,6,8H,5,7,9H2,1-3H3. The zero-order chi connectivity index (χ0) is 11.3. The van der Waals surface area contributed by atoms with E-state index < -0.39 is 0 Å². The number of aryl methyl sites for hydroxylation is 1. The highest BCUT2D eigenvalue weighted by Crippen LogP contribution is 2.20. The molecule has 1 aromatic rings. The summed E-state index contributed by atoms with van der Waals surface area (Å²) in [5.74, 6) is 0.108. The predicted octanol–water partition coefficient (Wildman–Crippen LogP) is 2.33. The smallest absolute Gasteiger partial charge is 0.168 e. The van der Waals surface area contributed by atoms with E-state index in [1.807, 2.05) is 26.2 Å². The summed E-state index contributed by atoms with van der Waals surface area (Å²) in [6.07, 6.45) is 1.71. The Morgan fingerprint density at radius 3 is 2.67 bits per heavy atom. The lowest BCUT2D eigenvalue weighted by molar-refractivity contribution is 0.380. The normalized spacial score (nSPS) is 10.7. The van der Waals surface area contributed by atoms with Gasteiger partial charge in [-0.3, -0.25) is 0 Å². The molecule has 1 rings (SSSR count). The fraction of sp³-hybridized carbons (Fsp3) is 0.500. The molecule has 0 amide bonds. The molecule has 0 saturated heterocycles. The first-order chi connectivity index (χ1) is 7.15. The maximum atomic E-state index is 13.7. The Bertz CT molecular complexity index is 312. The number of hydrogen-bond donors (Lipinski definition) is 0. The number of ether oxygens (including phenoxy) is 1. The van der Waals surface area contributed by atoms with Crippen molar-refractivity contribution in [3.8, 4) is 5.75 Å². The minimum absolute atomic E-state index is 0.223. The molecule has 0 aliphatic heterocycles. The lowest BCUT2D eigenvalue weighted by Crippen LogP contribution is -2.13. The van der Waals surface area contributed by atoms with E-state index in [0.717, 1.165) is 24.9 Å².